The summed E-state index contributed by atoms with van der Waals surface area (Å²) in [5.41, 5.74) is 6.87. The van der Waals surface area contributed by atoms with Crippen LogP contribution < -0.4 is 11.3 Å². The number of aliphatic imine (C=N–C) groups is 1. The zero-order chi connectivity index (χ0) is 21.9. The molecule has 1 unspecified atom stereocenters. The lowest BCUT2D eigenvalue weighted by Crippen LogP contribution is -2.46. The first-order chi connectivity index (χ1) is 14.9. The van der Waals surface area contributed by atoms with E-state index in [1.807, 2.05) is 37.3 Å². The van der Waals surface area contributed by atoms with E-state index in [1.54, 1.807) is 17.6 Å². The number of nitrogens with zero attached hydrogens (tertiary/aromatic N) is 3. The molecule has 8 nitrogen and oxygen atoms in total. The van der Waals surface area contributed by atoms with Crippen molar-refractivity contribution in [1.82, 2.24) is 9.55 Å². The molecule has 1 aromatic carbocycles. The third kappa shape index (κ3) is 2.71. The molecule has 2 aliphatic heterocycles. The second kappa shape index (κ2) is 6.75. The molecule has 5 rings (SSSR count). The topological polar surface area (TPSA) is 120 Å². The first kappa shape index (κ1) is 19.4. The molecule has 4 heterocycles. The Labute approximate surface area is 178 Å². The first-order valence-electron chi connectivity index (χ1n) is 10.3. The SMILES string of the molecule is CC/C(N)=N/C1OC(=O)[C@](O)(CC)c2cc3n(c(=O)c21)Cc1cc2ccccc2nc1-3. The van der Waals surface area contributed by atoms with Crippen molar-refractivity contribution in [3.63, 3.8) is 0 Å². The van der Waals surface area contributed by atoms with Gasteiger partial charge in [-0.25, -0.2) is 14.8 Å². The first-order valence-corrected chi connectivity index (χ1v) is 10.3. The van der Waals surface area contributed by atoms with Crippen LogP contribution in [0.5, 0.6) is 0 Å². The maximum atomic E-state index is 13.6. The Balaban J connectivity index is 1.80. The number of fused-ring (bicyclic) bond motifs is 5. The number of carbonyl (C=O) groups is 1. The van der Waals surface area contributed by atoms with E-state index in [4.69, 9.17) is 15.5 Å². The van der Waals surface area contributed by atoms with E-state index in [2.05, 4.69) is 4.99 Å². The molecule has 8 heteroatoms. The molecule has 0 spiro atoms. The Kier molecular flexibility index (Phi) is 4.23. The predicted molar refractivity (Wildman–Crippen MR) is 115 cm³/mol. The molecule has 0 amide bonds. The molecule has 2 atom stereocenters. The summed E-state index contributed by atoms with van der Waals surface area (Å²) in [7, 11) is 0. The number of ether oxygens (including phenoxy) is 1. The van der Waals surface area contributed by atoms with Gasteiger partial charge in [0.25, 0.3) is 5.56 Å². The largest absolute Gasteiger partial charge is 0.433 e. The Morgan fingerprint density at radius 3 is 2.84 bits per heavy atom. The second-order valence-electron chi connectivity index (χ2n) is 7.88. The lowest BCUT2D eigenvalue weighted by atomic mass is 9.85. The van der Waals surface area contributed by atoms with Gasteiger partial charge in [0.15, 0.2) is 5.60 Å². The van der Waals surface area contributed by atoms with Crippen molar-refractivity contribution in [3.05, 3.63) is 63.4 Å². The molecule has 31 heavy (non-hydrogen) atoms. The zero-order valence-electron chi connectivity index (χ0n) is 17.3. The maximum Gasteiger partial charge on any atom is 0.345 e. The lowest BCUT2D eigenvalue weighted by molar-refractivity contribution is -0.177. The summed E-state index contributed by atoms with van der Waals surface area (Å²) in [6.07, 6.45) is -0.690. The quantitative estimate of drug-likeness (QED) is 0.299. The van der Waals surface area contributed by atoms with Crippen LogP contribution in [0.3, 0.4) is 0 Å². The van der Waals surface area contributed by atoms with Crippen LogP contribution in [0.25, 0.3) is 22.3 Å². The number of para-hydroxylation sites is 1. The summed E-state index contributed by atoms with van der Waals surface area (Å²) >= 11 is 0. The fraction of sp³-hybridized carbons (Fsp3) is 0.304. The van der Waals surface area contributed by atoms with Crippen LogP contribution in [0.1, 0.15) is 49.6 Å². The molecule has 0 bridgehead atoms. The van der Waals surface area contributed by atoms with Gasteiger partial charge in [-0.2, -0.15) is 0 Å². The molecule has 0 fully saturated rings. The van der Waals surface area contributed by atoms with Crippen LogP contribution in [0.4, 0.5) is 0 Å². The fourth-order valence-corrected chi connectivity index (χ4v) is 4.30. The van der Waals surface area contributed by atoms with Crippen LogP contribution in [-0.4, -0.2) is 26.5 Å². The highest BCUT2D eigenvalue weighted by Crippen LogP contribution is 2.42. The smallest absolute Gasteiger partial charge is 0.345 e. The monoisotopic (exact) mass is 418 g/mol. The van der Waals surface area contributed by atoms with Gasteiger partial charge < -0.3 is 20.1 Å². The third-order valence-electron chi connectivity index (χ3n) is 6.12. The standard InChI is InChI=1S/C23H22N4O4/c1-3-17(24)26-20-18-14(23(30,4-2)22(29)31-20)10-16-19-13(11-27(16)21(18)28)9-12-7-5-6-8-15(12)25-19/h5-10,20,30H,3-4,11H2,1-2H3,(H2,24,26)/t20?,23-/m0/s1. The molecular weight excluding hydrogens is 396 g/mol. The molecule has 158 valence electrons. The Morgan fingerprint density at radius 2 is 2.10 bits per heavy atom. The number of nitrogens with two attached hydrogens (primary N) is 1. The van der Waals surface area contributed by atoms with Crippen LogP contribution in [0.2, 0.25) is 0 Å². The van der Waals surface area contributed by atoms with E-state index < -0.39 is 17.8 Å². The highest BCUT2D eigenvalue weighted by molar-refractivity contribution is 5.87. The van der Waals surface area contributed by atoms with Gasteiger partial charge in [0.1, 0.15) is 0 Å². The minimum Gasteiger partial charge on any atom is -0.433 e. The van der Waals surface area contributed by atoms with Crippen molar-refractivity contribution in [2.45, 2.75) is 45.1 Å². The number of rotatable bonds is 3. The van der Waals surface area contributed by atoms with Gasteiger partial charge in [0.05, 0.1) is 34.8 Å². The molecule has 3 aromatic rings. The van der Waals surface area contributed by atoms with Gasteiger partial charge in [-0.15, -0.1) is 0 Å². The van der Waals surface area contributed by atoms with Gasteiger partial charge in [-0.05, 0) is 24.6 Å². The summed E-state index contributed by atoms with van der Waals surface area (Å²) in [6.45, 7) is 3.82. The van der Waals surface area contributed by atoms with Crippen molar-refractivity contribution >= 4 is 22.7 Å². The summed E-state index contributed by atoms with van der Waals surface area (Å²) in [4.78, 5) is 35.3. The normalized spacial score (nSPS) is 22.1. The van der Waals surface area contributed by atoms with Gasteiger partial charge in [0.2, 0.25) is 6.23 Å². The molecule has 2 aromatic heterocycles. The summed E-state index contributed by atoms with van der Waals surface area (Å²) in [5, 5.41) is 12.1. The van der Waals surface area contributed by atoms with Gasteiger partial charge in [-0.3, -0.25) is 4.79 Å². The van der Waals surface area contributed by atoms with E-state index >= 15 is 0 Å². The number of aliphatic hydroxyl groups is 1. The van der Waals surface area contributed by atoms with E-state index in [0.717, 1.165) is 16.5 Å². The molecule has 0 radical (unpaired) electrons. The molecule has 3 N–H and O–H groups in total. The van der Waals surface area contributed by atoms with E-state index in [1.165, 1.54) is 0 Å². The van der Waals surface area contributed by atoms with E-state index in [9.17, 15) is 14.7 Å². The number of aromatic nitrogens is 2. The number of pyridine rings is 2. The van der Waals surface area contributed by atoms with Gasteiger partial charge >= 0.3 is 5.97 Å². The molecule has 2 aliphatic rings. The number of benzene rings is 1. The Morgan fingerprint density at radius 1 is 1.32 bits per heavy atom. The lowest BCUT2D eigenvalue weighted by Gasteiger charge is -2.34. The number of hydrogen-bond acceptors (Lipinski definition) is 6. The van der Waals surface area contributed by atoms with E-state index in [0.29, 0.717) is 24.4 Å². The van der Waals surface area contributed by atoms with Crippen LogP contribution in [-0.2, 0) is 21.7 Å². The van der Waals surface area contributed by atoms with Crippen molar-refractivity contribution in [2.75, 3.05) is 0 Å². The fourth-order valence-electron chi connectivity index (χ4n) is 4.30. The average Bonchev–Trinajstić information content (AvgIpc) is 3.13. The molecule has 0 aliphatic carbocycles. The van der Waals surface area contributed by atoms with Crippen molar-refractivity contribution in [1.29, 1.82) is 0 Å². The summed E-state index contributed by atoms with van der Waals surface area (Å²) in [6, 6.07) is 11.4. The van der Waals surface area contributed by atoms with Gasteiger partial charge in [-0.1, -0.05) is 32.0 Å². The Hall–Kier alpha value is -3.52. The number of cyclic esters (lactones) is 1. The zero-order valence-corrected chi connectivity index (χ0v) is 17.3. The molecule has 0 saturated carbocycles. The highest BCUT2D eigenvalue weighted by Gasteiger charge is 2.49. The third-order valence-corrected chi connectivity index (χ3v) is 6.12. The Bertz CT molecular complexity index is 1340. The minimum absolute atomic E-state index is 0.0550. The van der Waals surface area contributed by atoms with Crippen molar-refractivity contribution < 1.29 is 14.6 Å². The maximum absolute atomic E-state index is 13.6. The van der Waals surface area contributed by atoms with Crippen molar-refractivity contribution in [3.8, 4) is 11.4 Å². The van der Waals surface area contributed by atoms with Crippen molar-refractivity contribution in [2.24, 2.45) is 10.7 Å². The number of carbonyl (C=O) groups excluding carboxylic acids is 1. The summed E-state index contributed by atoms with van der Waals surface area (Å²) in [5.74, 6) is -0.582. The minimum atomic E-state index is -1.93. The number of esters is 1. The average molecular weight is 418 g/mol. The summed E-state index contributed by atoms with van der Waals surface area (Å²) < 4.78 is 6.98. The second-order valence-corrected chi connectivity index (χ2v) is 7.88. The van der Waals surface area contributed by atoms with Crippen LogP contribution in [0.15, 0.2) is 46.2 Å². The highest BCUT2D eigenvalue weighted by atomic mass is 16.6. The van der Waals surface area contributed by atoms with Gasteiger partial charge in [0, 0.05) is 22.9 Å². The van der Waals surface area contributed by atoms with E-state index in [-0.39, 0.29) is 28.9 Å². The number of hydrogen-bond donors (Lipinski definition) is 2. The number of amidine groups is 1. The molecule has 0 saturated heterocycles. The van der Waals surface area contributed by atoms with Crippen LogP contribution in [0, 0.1) is 0 Å². The molecular formula is C23H22N4O4. The predicted octanol–water partition coefficient (Wildman–Crippen LogP) is 2.35. The van der Waals surface area contributed by atoms with Crippen LogP contribution >= 0.6 is 0 Å².